The summed E-state index contributed by atoms with van der Waals surface area (Å²) in [6.07, 6.45) is -1.43. The van der Waals surface area contributed by atoms with Gasteiger partial charge in [-0.3, -0.25) is 0 Å². The topological polar surface area (TPSA) is 83.0 Å². The van der Waals surface area contributed by atoms with E-state index in [1.54, 1.807) is 0 Å². The van der Waals surface area contributed by atoms with Crippen LogP contribution in [0.4, 0.5) is 0 Å². The van der Waals surface area contributed by atoms with Crippen LogP contribution in [0.2, 0.25) is 0 Å². The van der Waals surface area contributed by atoms with Crippen molar-refractivity contribution in [2.24, 2.45) is 0 Å². The molecule has 0 aromatic heterocycles. The predicted octanol–water partition coefficient (Wildman–Crippen LogP) is 3.84. The summed E-state index contributed by atoms with van der Waals surface area (Å²) in [6, 6.07) is 13.6. The fraction of sp³-hybridized carbons (Fsp3) is 0.571. The molecule has 2 aromatic rings. The fourth-order valence-corrected chi connectivity index (χ4v) is 10.1. The Kier molecular flexibility index (Phi) is 11.5. The predicted molar refractivity (Wildman–Crippen MR) is 155 cm³/mol. The van der Waals surface area contributed by atoms with E-state index in [4.69, 9.17) is 18.1 Å². The molecule has 0 bridgehead atoms. The Morgan fingerprint density at radius 2 is 1.00 bits per heavy atom. The van der Waals surface area contributed by atoms with E-state index in [0.29, 0.717) is 15.8 Å². The third kappa shape index (κ3) is 9.17. The first-order valence-electron chi connectivity index (χ1n) is 12.9. The molecule has 2 rings (SSSR count). The van der Waals surface area contributed by atoms with Crippen LogP contribution in [0.3, 0.4) is 0 Å². The quantitative estimate of drug-likeness (QED) is 0.287. The smallest absolute Gasteiger partial charge is 0.271 e. The normalized spacial score (nSPS) is 13.4. The van der Waals surface area contributed by atoms with Gasteiger partial charge in [-0.15, -0.1) is 0 Å². The molecule has 0 atom stereocenters. The minimum Gasteiger partial charge on any atom is -0.627 e. The minimum atomic E-state index is -3.85. The Morgan fingerprint density at radius 3 is 1.30 bits per heavy atom. The molecule has 0 aliphatic rings. The zero-order chi connectivity index (χ0) is 28.2. The maximum absolute atomic E-state index is 14.6. The van der Waals surface area contributed by atoms with Crippen molar-refractivity contribution < 1.29 is 27.9 Å². The second kappa shape index (κ2) is 13.1. The summed E-state index contributed by atoms with van der Waals surface area (Å²) in [5.41, 5.74) is 0.498. The molecule has 0 N–H and O–H groups in total. The molecule has 2 aromatic carbocycles. The van der Waals surface area contributed by atoms with E-state index in [9.17, 15) is 9.79 Å². The molecular weight excluding hydrogens is 522 g/mol. The van der Waals surface area contributed by atoms with E-state index in [1.165, 1.54) is 0 Å². The van der Waals surface area contributed by atoms with E-state index in [-0.39, 0.29) is 39.4 Å². The molecule has 0 heterocycles. The van der Waals surface area contributed by atoms with Gasteiger partial charge in [-0.25, -0.2) is 18.1 Å². The van der Waals surface area contributed by atoms with E-state index < -0.39 is 15.9 Å². The van der Waals surface area contributed by atoms with Crippen LogP contribution < -0.4 is 30.8 Å². The van der Waals surface area contributed by atoms with E-state index in [2.05, 4.69) is 20.8 Å². The third-order valence-electron chi connectivity index (χ3n) is 4.99. The molecule has 0 saturated carbocycles. The molecule has 0 unspecified atom stereocenters. The van der Waals surface area contributed by atoms with Gasteiger partial charge in [0.05, 0.1) is 24.4 Å². The van der Waals surface area contributed by atoms with E-state index in [1.807, 2.05) is 97.9 Å². The summed E-state index contributed by atoms with van der Waals surface area (Å²) < 4.78 is 24.3. The molecule has 9 heteroatoms. The first-order valence-corrected chi connectivity index (χ1v) is 17.0. The van der Waals surface area contributed by atoms with Crippen molar-refractivity contribution in [2.75, 3.05) is 0 Å². The molecule has 37 heavy (non-hydrogen) atoms. The first kappa shape index (κ1) is 32.5. The zero-order valence-corrected chi connectivity index (χ0v) is 27.0. The molecule has 0 aliphatic carbocycles. The molecular formula is C28H44O6P2Si. The van der Waals surface area contributed by atoms with Gasteiger partial charge < -0.3 is 9.79 Å². The highest BCUT2D eigenvalue weighted by molar-refractivity contribution is 7.70. The van der Waals surface area contributed by atoms with Gasteiger partial charge in [-0.1, -0.05) is 56.3 Å². The SMILES string of the molecule is CC(C)O[P+]([O-])(OC(C)C)c1cc(C(C)(C)C)cc([P+]([O-])(OC(C)C)OC(C)C)c1[Si]c1ccccc1. The van der Waals surface area contributed by atoms with Crippen LogP contribution in [-0.4, -0.2) is 33.9 Å². The van der Waals surface area contributed by atoms with Crippen LogP contribution >= 0.6 is 15.9 Å². The van der Waals surface area contributed by atoms with Crippen molar-refractivity contribution in [2.45, 2.75) is 106 Å². The Balaban J connectivity index is 3.04. The highest BCUT2D eigenvalue weighted by Gasteiger charge is 2.47. The van der Waals surface area contributed by atoms with Gasteiger partial charge in [0.15, 0.2) is 10.6 Å². The summed E-state index contributed by atoms with van der Waals surface area (Å²) in [5.74, 6) is 0. The lowest BCUT2D eigenvalue weighted by Gasteiger charge is -2.36. The summed E-state index contributed by atoms with van der Waals surface area (Å²) in [5, 5.41) is 2.45. The standard InChI is InChI=1S/C28H44O6P2Si/c1-19(2)31-35(29,32-20(3)4)25-17-23(28(9,10)11)18-26(27(25)37-24-15-13-12-14-16-24)36(30,33-21(5)6)34-22(7)8/h12-22H,1-11H3. The first-order chi connectivity index (χ1) is 17.0. The molecule has 0 amide bonds. The number of hydrogen-bond acceptors (Lipinski definition) is 6. The summed E-state index contributed by atoms with van der Waals surface area (Å²) in [4.78, 5) is 29.3. The van der Waals surface area contributed by atoms with Crippen molar-refractivity contribution in [1.29, 1.82) is 0 Å². The second-order valence-corrected chi connectivity index (χ2v) is 16.4. The third-order valence-corrected chi connectivity index (χ3v) is 11.5. The van der Waals surface area contributed by atoms with E-state index in [0.717, 1.165) is 10.8 Å². The Morgan fingerprint density at radius 1 is 0.649 bits per heavy atom. The lowest BCUT2D eigenvalue weighted by molar-refractivity contribution is -0.220. The van der Waals surface area contributed by atoms with Crippen LogP contribution in [-0.2, 0) is 23.5 Å². The number of hydrogen-bond donors (Lipinski definition) is 0. The van der Waals surface area contributed by atoms with Crippen molar-refractivity contribution in [3.8, 4) is 0 Å². The Bertz CT molecular complexity index is 934. The lowest BCUT2D eigenvalue weighted by Crippen LogP contribution is -2.53. The van der Waals surface area contributed by atoms with Gasteiger partial charge in [-0.05, 0) is 78.5 Å². The van der Waals surface area contributed by atoms with Crippen molar-refractivity contribution >= 4 is 46.4 Å². The minimum absolute atomic E-state index is 0.0232. The summed E-state index contributed by atoms with van der Waals surface area (Å²) >= 11 is 0. The number of benzene rings is 2. The van der Waals surface area contributed by atoms with Crippen LogP contribution in [0, 0.1) is 0 Å². The maximum atomic E-state index is 14.6. The Labute approximate surface area is 228 Å². The maximum Gasteiger partial charge on any atom is 0.271 e. The molecule has 0 aliphatic heterocycles. The Hall–Kier alpha value is -0.723. The largest absolute Gasteiger partial charge is 0.627 e. The van der Waals surface area contributed by atoms with Gasteiger partial charge in [-0.2, -0.15) is 0 Å². The summed E-state index contributed by atoms with van der Waals surface area (Å²) in [6.45, 7) is 20.8. The van der Waals surface area contributed by atoms with Gasteiger partial charge >= 0.3 is 0 Å². The van der Waals surface area contributed by atoms with Crippen molar-refractivity contribution in [1.82, 2.24) is 0 Å². The summed E-state index contributed by atoms with van der Waals surface area (Å²) in [7, 11) is -7.67. The van der Waals surface area contributed by atoms with Crippen molar-refractivity contribution in [3.05, 3.63) is 48.0 Å². The van der Waals surface area contributed by atoms with Gasteiger partial charge in [0.25, 0.3) is 15.9 Å². The average molecular weight is 567 g/mol. The van der Waals surface area contributed by atoms with Crippen molar-refractivity contribution in [3.63, 3.8) is 0 Å². The molecule has 0 saturated heterocycles. The lowest BCUT2D eigenvalue weighted by atomic mass is 9.87. The molecule has 6 nitrogen and oxygen atoms in total. The monoisotopic (exact) mass is 566 g/mol. The molecule has 2 radical (unpaired) electrons. The highest BCUT2D eigenvalue weighted by Crippen LogP contribution is 2.56. The molecule has 0 spiro atoms. The van der Waals surface area contributed by atoms with E-state index >= 15 is 0 Å². The highest BCUT2D eigenvalue weighted by atomic mass is 31.2. The zero-order valence-electron chi connectivity index (χ0n) is 24.2. The number of rotatable bonds is 12. The fourth-order valence-electron chi connectivity index (χ4n) is 3.66. The van der Waals surface area contributed by atoms with Gasteiger partial charge in [0, 0.05) is 5.19 Å². The second-order valence-electron chi connectivity index (χ2n) is 11.2. The van der Waals surface area contributed by atoms with Crippen LogP contribution in [0.25, 0.3) is 0 Å². The molecule has 206 valence electrons. The van der Waals surface area contributed by atoms with Crippen LogP contribution in [0.5, 0.6) is 0 Å². The van der Waals surface area contributed by atoms with Gasteiger partial charge in [0.1, 0.15) is 9.52 Å². The van der Waals surface area contributed by atoms with Crippen LogP contribution in [0.15, 0.2) is 42.5 Å². The van der Waals surface area contributed by atoms with Crippen LogP contribution in [0.1, 0.15) is 81.7 Å². The molecule has 0 fully saturated rings. The average Bonchev–Trinajstić information content (AvgIpc) is 2.71. The van der Waals surface area contributed by atoms with Gasteiger partial charge in [0.2, 0.25) is 0 Å².